The summed E-state index contributed by atoms with van der Waals surface area (Å²) < 4.78 is 1.73. The van der Waals surface area contributed by atoms with Crippen LogP contribution in [-0.4, -0.2) is 32.4 Å². The SMILES string of the molecule is Cn1cc(C(O)CC2CCCN2Cc2ccc(CC#N)cc2)cn1. The van der Waals surface area contributed by atoms with E-state index in [4.69, 9.17) is 5.26 Å². The van der Waals surface area contributed by atoms with Crippen LogP contribution in [0.25, 0.3) is 0 Å². The van der Waals surface area contributed by atoms with Gasteiger partial charge in [-0.2, -0.15) is 10.4 Å². The molecule has 0 saturated carbocycles. The van der Waals surface area contributed by atoms with E-state index < -0.39 is 6.10 Å². The Hall–Kier alpha value is -2.16. The molecule has 1 fully saturated rings. The van der Waals surface area contributed by atoms with E-state index in [9.17, 15) is 5.11 Å². The van der Waals surface area contributed by atoms with Crippen molar-refractivity contribution in [3.63, 3.8) is 0 Å². The first kappa shape index (κ1) is 16.7. The molecule has 0 radical (unpaired) electrons. The minimum absolute atomic E-state index is 0.402. The predicted octanol–water partition coefficient (Wildman–Crippen LogP) is 2.57. The quantitative estimate of drug-likeness (QED) is 0.887. The molecule has 2 heterocycles. The molecule has 24 heavy (non-hydrogen) atoms. The summed E-state index contributed by atoms with van der Waals surface area (Å²) in [7, 11) is 1.87. The van der Waals surface area contributed by atoms with Crippen molar-refractivity contribution in [1.29, 1.82) is 5.26 Å². The van der Waals surface area contributed by atoms with Crippen LogP contribution < -0.4 is 0 Å². The Morgan fingerprint density at radius 3 is 2.75 bits per heavy atom. The molecule has 1 aromatic carbocycles. The van der Waals surface area contributed by atoms with Gasteiger partial charge < -0.3 is 5.11 Å². The average molecular weight is 324 g/mol. The molecule has 2 unspecified atom stereocenters. The zero-order valence-electron chi connectivity index (χ0n) is 14.1. The lowest BCUT2D eigenvalue weighted by Gasteiger charge is -2.26. The Bertz CT molecular complexity index is 701. The largest absolute Gasteiger partial charge is 0.388 e. The van der Waals surface area contributed by atoms with Crippen LogP contribution in [0.15, 0.2) is 36.7 Å². The molecular formula is C19H24N4O. The number of aliphatic hydroxyl groups excluding tert-OH is 1. The zero-order valence-corrected chi connectivity index (χ0v) is 14.1. The molecule has 5 heteroatoms. The van der Waals surface area contributed by atoms with Crippen LogP contribution in [0.3, 0.4) is 0 Å². The summed E-state index contributed by atoms with van der Waals surface area (Å²) in [4.78, 5) is 2.46. The molecular weight excluding hydrogens is 300 g/mol. The van der Waals surface area contributed by atoms with E-state index in [1.807, 2.05) is 25.4 Å². The summed E-state index contributed by atoms with van der Waals surface area (Å²) in [5, 5.41) is 23.4. The molecule has 0 bridgehead atoms. The Labute approximate surface area is 143 Å². The fourth-order valence-electron chi connectivity index (χ4n) is 3.46. The van der Waals surface area contributed by atoms with Gasteiger partial charge in [0.2, 0.25) is 0 Å². The van der Waals surface area contributed by atoms with E-state index in [0.717, 1.165) is 37.1 Å². The van der Waals surface area contributed by atoms with Crippen molar-refractivity contribution in [2.75, 3.05) is 6.54 Å². The fourth-order valence-corrected chi connectivity index (χ4v) is 3.46. The average Bonchev–Trinajstić information content (AvgIpc) is 3.19. The van der Waals surface area contributed by atoms with Crippen molar-refractivity contribution in [3.8, 4) is 6.07 Å². The second-order valence-corrected chi connectivity index (χ2v) is 6.62. The highest BCUT2D eigenvalue weighted by molar-refractivity contribution is 5.24. The van der Waals surface area contributed by atoms with Gasteiger partial charge in [0.15, 0.2) is 0 Å². The van der Waals surface area contributed by atoms with Crippen LogP contribution in [0, 0.1) is 11.3 Å². The number of likely N-dealkylation sites (tertiary alicyclic amines) is 1. The van der Waals surface area contributed by atoms with E-state index >= 15 is 0 Å². The van der Waals surface area contributed by atoms with Gasteiger partial charge in [-0.1, -0.05) is 24.3 Å². The van der Waals surface area contributed by atoms with Gasteiger partial charge in [0.25, 0.3) is 0 Å². The molecule has 2 atom stereocenters. The van der Waals surface area contributed by atoms with Crippen LogP contribution in [0.2, 0.25) is 0 Å². The summed E-state index contributed by atoms with van der Waals surface area (Å²) in [6.07, 6.45) is 6.70. The second-order valence-electron chi connectivity index (χ2n) is 6.62. The van der Waals surface area contributed by atoms with Gasteiger partial charge in [0.1, 0.15) is 0 Å². The maximum Gasteiger partial charge on any atom is 0.0835 e. The topological polar surface area (TPSA) is 65.1 Å². The summed E-state index contributed by atoms with van der Waals surface area (Å²) in [5.41, 5.74) is 3.22. The van der Waals surface area contributed by atoms with Crippen LogP contribution in [-0.2, 0) is 20.0 Å². The minimum atomic E-state index is -0.456. The summed E-state index contributed by atoms with van der Waals surface area (Å²) in [5.74, 6) is 0. The molecule has 126 valence electrons. The van der Waals surface area contributed by atoms with E-state index in [1.165, 1.54) is 12.0 Å². The smallest absolute Gasteiger partial charge is 0.0835 e. The van der Waals surface area contributed by atoms with Crippen molar-refractivity contribution >= 4 is 0 Å². The van der Waals surface area contributed by atoms with Gasteiger partial charge in [0, 0.05) is 31.4 Å². The molecule has 1 aliphatic rings. The van der Waals surface area contributed by atoms with Crippen LogP contribution in [0.4, 0.5) is 0 Å². The van der Waals surface area contributed by atoms with Crippen LogP contribution in [0.5, 0.6) is 0 Å². The zero-order chi connectivity index (χ0) is 16.9. The summed E-state index contributed by atoms with van der Waals surface area (Å²) >= 11 is 0. The molecule has 2 aromatic rings. The Balaban J connectivity index is 1.59. The van der Waals surface area contributed by atoms with Gasteiger partial charge in [-0.05, 0) is 36.9 Å². The molecule has 1 aromatic heterocycles. The van der Waals surface area contributed by atoms with Gasteiger partial charge in [-0.3, -0.25) is 9.58 Å². The number of nitriles is 1. The molecule has 5 nitrogen and oxygen atoms in total. The standard InChI is InChI=1S/C19H24N4O/c1-22-14-17(12-21-22)19(24)11-18-3-2-10-23(18)13-16-6-4-15(5-7-16)8-9-20/h4-7,12,14,18-19,24H,2-3,8,10-11,13H2,1H3. The second kappa shape index (κ2) is 7.61. The molecule has 0 spiro atoms. The lowest BCUT2D eigenvalue weighted by molar-refractivity contribution is 0.118. The lowest BCUT2D eigenvalue weighted by atomic mass is 10.0. The van der Waals surface area contributed by atoms with Gasteiger partial charge in [-0.15, -0.1) is 0 Å². The molecule has 0 aliphatic carbocycles. The number of hydrogen-bond donors (Lipinski definition) is 1. The van der Waals surface area contributed by atoms with Crippen molar-refractivity contribution in [2.45, 2.75) is 44.4 Å². The van der Waals surface area contributed by atoms with Crippen LogP contribution >= 0.6 is 0 Å². The highest BCUT2D eigenvalue weighted by Crippen LogP contribution is 2.28. The highest BCUT2D eigenvalue weighted by atomic mass is 16.3. The van der Waals surface area contributed by atoms with E-state index in [0.29, 0.717) is 12.5 Å². The first-order chi connectivity index (χ1) is 11.7. The predicted molar refractivity (Wildman–Crippen MR) is 92.0 cm³/mol. The van der Waals surface area contributed by atoms with Gasteiger partial charge in [0.05, 0.1) is 24.8 Å². The Morgan fingerprint density at radius 2 is 2.08 bits per heavy atom. The Morgan fingerprint density at radius 1 is 1.33 bits per heavy atom. The van der Waals surface area contributed by atoms with E-state index in [1.54, 1.807) is 10.9 Å². The van der Waals surface area contributed by atoms with Gasteiger partial charge in [-0.25, -0.2) is 0 Å². The maximum absolute atomic E-state index is 10.5. The summed E-state index contributed by atoms with van der Waals surface area (Å²) in [6, 6.07) is 10.9. The first-order valence-electron chi connectivity index (χ1n) is 8.51. The third kappa shape index (κ3) is 4.02. The fraction of sp³-hybridized carbons (Fsp3) is 0.474. The molecule has 1 saturated heterocycles. The number of aliphatic hydroxyl groups is 1. The van der Waals surface area contributed by atoms with Crippen molar-refractivity contribution in [1.82, 2.24) is 14.7 Å². The normalized spacial score (nSPS) is 19.3. The number of hydrogen-bond acceptors (Lipinski definition) is 4. The van der Waals surface area contributed by atoms with Crippen molar-refractivity contribution in [2.24, 2.45) is 7.05 Å². The highest BCUT2D eigenvalue weighted by Gasteiger charge is 2.27. The number of aromatic nitrogens is 2. The molecule has 3 rings (SSSR count). The number of rotatable bonds is 6. The van der Waals surface area contributed by atoms with E-state index in [-0.39, 0.29) is 0 Å². The van der Waals surface area contributed by atoms with Gasteiger partial charge >= 0.3 is 0 Å². The minimum Gasteiger partial charge on any atom is -0.388 e. The van der Waals surface area contributed by atoms with Crippen molar-refractivity contribution in [3.05, 3.63) is 53.3 Å². The number of nitrogens with zero attached hydrogens (tertiary/aromatic N) is 4. The number of benzene rings is 1. The maximum atomic E-state index is 10.5. The number of aryl methyl sites for hydroxylation is 1. The molecule has 1 N–H and O–H groups in total. The van der Waals surface area contributed by atoms with Crippen molar-refractivity contribution < 1.29 is 5.11 Å². The molecule has 0 amide bonds. The molecule has 1 aliphatic heterocycles. The third-order valence-electron chi connectivity index (χ3n) is 4.80. The monoisotopic (exact) mass is 324 g/mol. The first-order valence-corrected chi connectivity index (χ1v) is 8.51. The van der Waals surface area contributed by atoms with Crippen LogP contribution in [0.1, 0.15) is 42.1 Å². The summed E-state index contributed by atoms with van der Waals surface area (Å²) in [6.45, 7) is 1.97. The third-order valence-corrected chi connectivity index (χ3v) is 4.80. The Kier molecular flexibility index (Phi) is 5.29. The lowest BCUT2D eigenvalue weighted by Crippen LogP contribution is -2.30. The van der Waals surface area contributed by atoms with E-state index in [2.05, 4.69) is 28.2 Å².